The van der Waals surface area contributed by atoms with E-state index in [9.17, 15) is 0 Å². The van der Waals surface area contributed by atoms with Crippen LogP contribution in [0.2, 0.25) is 0 Å². The Kier molecular flexibility index (Phi) is 4.46. The first-order chi connectivity index (χ1) is 9.67. The molecule has 3 nitrogen and oxygen atoms in total. The molecule has 0 N–H and O–H groups in total. The molecule has 2 aliphatic rings. The van der Waals surface area contributed by atoms with Crippen molar-refractivity contribution in [3.63, 3.8) is 0 Å². The summed E-state index contributed by atoms with van der Waals surface area (Å²) in [6.45, 7) is 7.78. The number of ether oxygens (including phenoxy) is 2. The first-order valence-electron chi connectivity index (χ1n) is 7.36. The zero-order valence-electron chi connectivity index (χ0n) is 12.0. The summed E-state index contributed by atoms with van der Waals surface area (Å²) in [5.41, 5.74) is 2.81. The van der Waals surface area contributed by atoms with E-state index in [1.165, 1.54) is 11.1 Å². The van der Waals surface area contributed by atoms with Gasteiger partial charge in [0.25, 0.3) is 0 Å². The van der Waals surface area contributed by atoms with E-state index < -0.39 is 0 Å². The molecule has 3 rings (SSSR count). The van der Waals surface area contributed by atoms with Crippen molar-refractivity contribution in [3.8, 4) is 0 Å². The van der Waals surface area contributed by atoms with Gasteiger partial charge in [-0.2, -0.15) is 0 Å². The van der Waals surface area contributed by atoms with Crippen LogP contribution in [0.3, 0.4) is 0 Å². The van der Waals surface area contributed by atoms with E-state index in [1.807, 2.05) is 0 Å². The highest BCUT2D eigenvalue weighted by atomic mass is 79.9. The number of morpholine rings is 1. The smallest absolute Gasteiger partial charge is 0.0853 e. The van der Waals surface area contributed by atoms with E-state index in [0.29, 0.717) is 0 Å². The van der Waals surface area contributed by atoms with Crippen molar-refractivity contribution in [3.05, 3.63) is 33.8 Å². The molecule has 0 amide bonds. The van der Waals surface area contributed by atoms with Crippen LogP contribution in [0.25, 0.3) is 0 Å². The summed E-state index contributed by atoms with van der Waals surface area (Å²) in [6.07, 6.45) is 2.06. The van der Waals surface area contributed by atoms with E-state index in [-0.39, 0.29) is 5.60 Å². The lowest BCUT2D eigenvalue weighted by atomic mass is 9.92. The maximum absolute atomic E-state index is 6.09. The van der Waals surface area contributed by atoms with E-state index in [1.54, 1.807) is 0 Å². The number of benzene rings is 1. The highest BCUT2D eigenvalue weighted by Gasteiger charge is 2.38. The fourth-order valence-corrected chi connectivity index (χ4v) is 3.66. The molecule has 1 aromatic rings. The van der Waals surface area contributed by atoms with Gasteiger partial charge in [0.15, 0.2) is 0 Å². The van der Waals surface area contributed by atoms with Crippen molar-refractivity contribution < 1.29 is 9.47 Å². The fraction of sp³-hybridized carbons (Fsp3) is 0.625. The number of halogens is 1. The van der Waals surface area contributed by atoms with Gasteiger partial charge in [0, 0.05) is 50.2 Å². The number of hydrogen-bond acceptors (Lipinski definition) is 3. The minimum absolute atomic E-state index is 0.0414. The lowest BCUT2D eigenvalue weighted by Crippen LogP contribution is -2.54. The van der Waals surface area contributed by atoms with Crippen molar-refractivity contribution in [2.24, 2.45) is 0 Å². The van der Waals surface area contributed by atoms with Gasteiger partial charge in [0.2, 0.25) is 0 Å². The third-order valence-corrected chi connectivity index (χ3v) is 4.92. The van der Waals surface area contributed by atoms with Gasteiger partial charge in [0.05, 0.1) is 12.2 Å². The molecule has 0 radical (unpaired) electrons. The fourth-order valence-electron chi connectivity index (χ4n) is 3.18. The summed E-state index contributed by atoms with van der Waals surface area (Å²) in [6, 6.07) is 6.55. The molecule has 2 fully saturated rings. The summed E-state index contributed by atoms with van der Waals surface area (Å²) in [5.74, 6) is 0. The van der Waals surface area contributed by atoms with Crippen molar-refractivity contribution in [2.45, 2.75) is 31.9 Å². The second-order valence-electron chi connectivity index (χ2n) is 5.93. The highest BCUT2D eigenvalue weighted by molar-refractivity contribution is 9.10. The SMILES string of the molecule is Cc1cc(Br)ccc1CN1CCOC2(CCOCC2)C1. The molecule has 0 saturated carbocycles. The van der Waals surface area contributed by atoms with Gasteiger partial charge >= 0.3 is 0 Å². The topological polar surface area (TPSA) is 21.7 Å². The van der Waals surface area contributed by atoms with Gasteiger partial charge in [-0.05, 0) is 30.2 Å². The van der Waals surface area contributed by atoms with Crippen LogP contribution in [0.5, 0.6) is 0 Å². The van der Waals surface area contributed by atoms with Crippen molar-refractivity contribution in [2.75, 3.05) is 32.9 Å². The van der Waals surface area contributed by atoms with Crippen LogP contribution in [0, 0.1) is 6.92 Å². The minimum atomic E-state index is 0.0414. The van der Waals surface area contributed by atoms with Gasteiger partial charge in [-0.25, -0.2) is 0 Å². The predicted molar refractivity (Wildman–Crippen MR) is 82.9 cm³/mol. The van der Waals surface area contributed by atoms with Crippen LogP contribution in [0.15, 0.2) is 22.7 Å². The molecule has 2 heterocycles. The number of hydrogen-bond donors (Lipinski definition) is 0. The Hall–Kier alpha value is -0.420. The van der Waals surface area contributed by atoms with Crippen molar-refractivity contribution in [1.29, 1.82) is 0 Å². The highest BCUT2D eigenvalue weighted by Crippen LogP contribution is 2.30. The van der Waals surface area contributed by atoms with Gasteiger partial charge < -0.3 is 9.47 Å². The van der Waals surface area contributed by atoms with E-state index in [0.717, 1.165) is 56.8 Å². The van der Waals surface area contributed by atoms with Crippen LogP contribution in [0.4, 0.5) is 0 Å². The first-order valence-corrected chi connectivity index (χ1v) is 8.15. The summed E-state index contributed by atoms with van der Waals surface area (Å²) < 4.78 is 12.7. The molecule has 0 bridgehead atoms. The summed E-state index contributed by atoms with van der Waals surface area (Å²) in [7, 11) is 0. The van der Waals surface area contributed by atoms with E-state index in [4.69, 9.17) is 9.47 Å². The molecule has 0 aliphatic carbocycles. The lowest BCUT2D eigenvalue weighted by Gasteiger charge is -2.45. The molecular formula is C16H22BrNO2. The molecule has 0 unspecified atom stereocenters. The first kappa shape index (κ1) is 14.5. The third-order valence-electron chi connectivity index (χ3n) is 4.43. The summed E-state index contributed by atoms with van der Waals surface area (Å²) >= 11 is 3.53. The van der Waals surface area contributed by atoms with Crippen LogP contribution in [-0.2, 0) is 16.0 Å². The molecule has 1 spiro atoms. The number of nitrogens with zero attached hydrogens (tertiary/aromatic N) is 1. The maximum Gasteiger partial charge on any atom is 0.0853 e. The second-order valence-corrected chi connectivity index (χ2v) is 6.84. The zero-order chi connectivity index (χ0) is 14.0. The Bertz CT molecular complexity index is 466. The Labute approximate surface area is 129 Å². The minimum Gasteiger partial charge on any atom is -0.381 e. The standard InChI is InChI=1S/C16H22BrNO2/c1-13-10-15(17)3-2-14(13)11-18-6-9-20-16(12-18)4-7-19-8-5-16/h2-3,10H,4-9,11-12H2,1H3. The number of rotatable bonds is 2. The molecule has 4 heteroatoms. The van der Waals surface area contributed by atoms with Gasteiger partial charge in [0.1, 0.15) is 0 Å². The molecule has 2 saturated heterocycles. The normalized spacial score (nSPS) is 23.1. The molecular weight excluding hydrogens is 318 g/mol. The number of aryl methyl sites for hydroxylation is 1. The largest absolute Gasteiger partial charge is 0.381 e. The van der Waals surface area contributed by atoms with Gasteiger partial charge in [-0.15, -0.1) is 0 Å². The van der Waals surface area contributed by atoms with Crippen LogP contribution in [0.1, 0.15) is 24.0 Å². The lowest BCUT2D eigenvalue weighted by molar-refractivity contribution is -0.155. The van der Waals surface area contributed by atoms with E-state index >= 15 is 0 Å². The van der Waals surface area contributed by atoms with Crippen molar-refractivity contribution in [1.82, 2.24) is 4.90 Å². The average Bonchev–Trinajstić information content (AvgIpc) is 2.43. The van der Waals surface area contributed by atoms with Gasteiger partial charge in [-0.1, -0.05) is 22.0 Å². The summed E-state index contributed by atoms with van der Waals surface area (Å²) in [5, 5.41) is 0. The second kappa shape index (κ2) is 6.14. The molecule has 2 aliphatic heterocycles. The molecule has 20 heavy (non-hydrogen) atoms. The predicted octanol–water partition coefficient (Wildman–Crippen LogP) is 3.14. The van der Waals surface area contributed by atoms with E-state index in [2.05, 4.69) is 46.0 Å². The third kappa shape index (κ3) is 3.25. The maximum atomic E-state index is 6.09. The Morgan fingerprint density at radius 2 is 2.05 bits per heavy atom. The van der Waals surface area contributed by atoms with Crippen molar-refractivity contribution >= 4 is 15.9 Å². The Morgan fingerprint density at radius 1 is 1.25 bits per heavy atom. The monoisotopic (exact) mass is 339 g/mol. The molecule has 0 atom stereocenters. The average molecular weight is 340 g/mol. The molecule has 1 aromatic carbocycles. The Balaban J connectivity index is 1.68. The summed E-state index contributed by atoms with van der Waals surface area (Å²) in [4.78, 5) is 2.53. The quantitative estimate of drug-likeness (QED) is 0.826. The van der Waals surface area contributed by atoms with Crippen LogP contribution >= 0.6 is 15.9 Å². The van der Waals surface area contributed by atoms with Crippen LogP contribution in [-0.4, -0.2) is 43.4 Å². The van der Waals surface area contributed by atoms with Crippen LogP contribution < -0.4 is 0 Å². The molecule has 110 valence electrons. The molecule has 0 aromatic heterocycles. The zero-order valence-corrected chi connectivity index (χ0v) is 13.6. The van der Waals surface area contributed by atoms with Gasteiger partial charge in [-0.3, -0.25) is 4.90 Å². The Morgan fingerprint density at radius 3 is 2.80 bits per heavy atom.